The summed E-state index contributed by atoms with van der Waals surface area (Å²) < 4.78 is 40.3. The maximum Gasteiger partial charge on any atom is 0.272 e. The first-order valence-electron chi connectivity index (χ1n) is 10.8. The summed E-state index contributed by atoms with van der Waals surface area (Å²) >= 11 is 0. The molecule has 34 heavy (non-hydrogen) atoms. The Balaban J connectivity index is 1.57. The lowest BCUT2D eigenvalue weighted by molar-refractivity contribution is 0.0943. The van der Waals surface area contributed by atoms with Gasteiger partial charge >= 0.3 is 0 Å². The number of hydrogen-bond acceptors (Lipinski definition) is 6. The molecule has 0 spiro atoms. The highest BCUT2D eigenvalue weighted by Gasteiger charge is 2.34. The molecule has 0 saturated heterocycles. The van der Waals surface area contributed by atoms with Crippen molar-refractivity contribution in [2.24, 2.45) is 7.05 Å². The van der Waals surface area contributed by atoms with E-state index < -0.39 is 10.0 Å². The van der Waals surface area contributed by atoms with Gasteiger partial charge in [0.05, 0.1) is 19.1 Å². The molecule has 3 aromatic rings. The minimum absolute atomic E-state index is 0.0625. The number of aromatic nitrogens is 2. The molecule has 2 aromatic carbocycles. The highest BCUT2D eigenvalue weighted by molar-refractivity contribution is 7.89. The highest BCUT2D eigenvalue weighted by atomic mass is 32.2. The lowest BCUT2D eigenvalue weighted by Crippen LogP contribution is -2.37. The van der Waals surface area contributed by atoms with Crippen LogP contribution < -0.4 is 14.8 Å². The van der Waals surface area contributed by atoms with Crippen LogP contribution in [0.4, 0.5) is 0 Å². The smallest absolute Gasteiger partial charge is 0.272 e. The van der Waals surface area contributed by atoms with E-state index in [2.05, 4.69) is 10.4 Å². The zero-order valence-electron chi connectivity index (χ0n) is 19.7. The maximum atomic E-state index is 13.4. The van der Waals surface area contributed by atoms with Crippen molar-refractivity contribution in [2.75, 3.05) is 20.8 Å². The van der Waals surface area contributed by atoms with Gasteiger partial charge in [0.15, 0.2) is 17.2 Å². The Morgan fingerprint density at radius 3 is 2.59 bits per heavy atom. The van der Waals surface area contributed by atoms with Crippen molar-refractivity contribution in [1.29, 1.82) is 0 Å². The van der Waals surface area contributed by atoms with E-state index in [0.29, 0.717) is 30.0 Å². The van der Waals surface area contributed by atoms with Gasteiger partial charge in [-0.2, -0.15) is 9.40 Å². The molecule has 1 aromatic heterocycles. The van der Waals surface area contributed by atoms with E-state index in [-0.39, 0.29) is 29.6 Å². The number of fused-ring (bicyclic) bond motifs is 1. The van der Waals surface area contributed by atoms with Gasteiger partial charge in [-0.05, 0) is 24.6 Å². The molecular formula is C24H28N4O5S. The van der Waals surface area contributed by atoms with E-state index in [1.165, 1.54) is 30.7 Å². The van der Waals surface area contributed by atoms with Gasteiger partial charge in [-0.15, -0.1) is 0 Å². The molecule has 0 fully saturated rings. The predicted octanol–water partition coefficient (Wildman–Crippen LogP) is 2.42. The van der Waals surface area contributed by atoms with Crippen LogP contribution in [0.1, 0.15) is 32.9 Å². The summed E-state index contributed by atoms with van der Waals surface area (Å²) in [5, 5.41) is 7.31. The summed E-state index contributed by atoms with van der Waals surface area (Å²) in [5.41, 5.74) is 3.82. The number of sulfonamides is 1. The van der Waals surface area contributed by atoms with Gasteiger partial charge < -0.3 is 14.8 Å². The monoisotopic (exact) mass is 484 g/mol. The van der Waals surface area contributed by atoms with Crippen LogP contribution in [0.5, 0.6) is 11.5 Å². The van der Waals surface area contributed by atoms with Crippen LogP contribution in [0, 0.1) is 6.92 Å². The molecule has 1 amide bonds. The number of methoxy groups -OCH3 is 2. The number of carbonyl (C=O) groups is 1. The van der Waals surface area contributed by atoms with Crippen molar-refractivity contribution < 1.29 is 22.7 Å². The van der Waals surface area contributed by atoms with E-state index in [9.17, 15) is 13.2 Å². The molecule has 1 N–H and O–H groups in total. The van der Waals surface area contributed by atoms with Crippen molar-refractivity contribution in [2.45, 2.75) is 31.3 Å². The highest BCUT2D eigenvalue weighted by Crippen LogP contribution is 2.32. The topological polar surface area (TPSA) is 103 Å². The van der Waals surface area contributed by atoms with E-state index in [1.807, 2.05) is 31.2 Å². The Bertz CT molecular complexity index is 1330. The molecule has 180 valence electrons. The Morgan fingerprint density at radius 2 is 1.88 bits per heavy atom. The molecule has 0 radical (unpaired) electrons. The van der Waals surface area contributed by atoms with Crippen LogP contribution in [0.2, 0.25) is 0 Å². The molecule has 0 unspecified atom stereocenters. The van der Waals surface area contributed by atoms with Crippen LogP contribution in [0.3, 0.4) is 0 Å². The largest absolute Gasteiger partial charge is 0.493 e. The van der Waals surface area contributed by atoms with Crippen molar-refractivity contribution in [1.82, 2.24) is 19.4 Å². The molecule has 0 bridgehead atoms. The maximum absolute atomic E-state index is 13.4. The summed E-state index contributed by atoms with van der Waals surface area (Å²) in [6.45, 7) is 2.70. The summed E-state index contributed by atoms with van der Waals surface area (Å²) in [7, 11) is 0.895. The van der Waals surface area contributed by atoms with Crippen LogP contribution in [0.25, 0.3) is 0 Å². The molecule has 1 aliphatic heterocycles. The van der Waals surface area contributed by atoms with Crippen LogP contribution in [-0.4, -0.2) is 49.2 Å². The minimum atomic E-state index is -3.83. The van der Waals surface area contributed by atoms with E-state index >= 15 is 0 Å². The molecule has 9 nitrogen and oxygen atoms in total. The summed E-state index contributed by atoms with van der Waals surface area (Å²) in [4.78, 5) is 13.1. The van der Waals surface area contributed by atoms with Crippen molar-refractivity contribution >= 4 is 15.9 Å². The molecule has 1 aliphatic rings. The molecule has 0 atom stereocenters. The molecule has 2 heterocycles. The Hall–Kier alpha value is -3.37. The third-order valence-electron chi connectivity index (χ3n) is 5.95. The fourth-order valence-corrected chi connectivity index (χ4v) is 5.59. The van der Waals surface area contributed by atoms with E-state index in [4.69, 9.17) is 9.47 Å². The fourth-order valence-electron chi connectivity index (χ4n) is 4.17. The molecule has 0 aliphatic carbocycles. The normalized spacial score (nSPS) is 13.9. The van der Waals surface area contributed by atoms with Gasteiger partial charge in [0.2, 0.25) is 10.0 Å². The zero-order valence-corrected chi connectivity index (χ0v) is 20.5. The Kier molecular flexibility index (Phi) is 6.63. The number of amides is 1. The Labute approximate surface area is 199 Å². The SMILES string of the molecule is COc1ccc(S(=O)(=O)N2CCc3c(c(C(=O)NCc4cccc(C)c4)nn3C)C2)cc1OC. The number of carbonyl (C=O) groups excluding carboxylic acids is 1. The second-order valence-corrected chi connectivity index (χ2v) is 10.1. The number of nitrogens with one attached hydrogen (secondary N) is 1. The first kappa shape index (κ1) is 23.8. The van der Waals surface area contributed by atoms with Gasteiger partial charge in [0.25, 0.3) is 5.91 Å². The average Bonchev–Trinajstić information content (AvgIpc) is 3.18. The number of benzene rings is 2. The third-order valence-corrected chi connectivity index (χ3v) is 7.79. The van der Waals surface area contributed by atoms with E-state index in [1.54, 1.807) is 17.8 Å². The second kappa shape index (κ2) is 9.47. The van der Waals surface area contributed by atoms with Gasteiger partial charge in [-0.1, -0.05) is 29.8 Å². The molecular weight excluding hydrogens is 456 g/mol. The number of ether oxygens (including phenoxy) is 2. The summed E-state index contributed by atoms with van der Waals surface area (Å²) in [5.74, 6) is 0.449. The lowest BCUT2D eigenvalue weighted by atomic mass is 10.1. The van der Waals surface area contributed by atoms with E-state index in [0.717, 1.165) is 16.8 Å². The van der Waals surface area contributed by atoms with Gasteiger partial charge in [-0.3, -0.25) is 9.48 Å². The first-order chi connectivity index (χ1) is 16.2. The standard InChI is InChI=1S/C24H28N4O5S/c1-16-6-5-7-17(12-16)14-25-24(29)23-19-15-28(11-10-20(19)27(2)26-23)34(30,31)18-8-9-21(32-3)22(13-18)33-4/h5-9,12-13H,10-11,14-15H2,1-4H3,(H,25,29). The minimum Gasteiger partial charge on any atom is -0.493 e. The summed E-state index contributed by atoms with van der Waals surface area (Å²) in [6, 6.07) is 12.4. The average molecular weight is 485 g/mol. The number of rotatable bonds is 7. The number of hydrogen-bond donors (Lipinski definition) is 1. The predicted molar refractivity (Wildman–Crippen MR) is 126 cm³/mol. The zero-order chi connectivity index (χ0) is 24.5. The van der Waals surface area contributed by atoms with Crippen molar-refractivity contribution in [3.8, 4) is 11.5 Å². The van der Waals surface area contributed by atoms with Crippen LogP contribution in [0.15, 0.2) is 47.4 Å². The van der Waals surface area contributed by atoms with Gasteiger partial charge in [0.1, 0.15) is 0 Å². The lowest BCUT2D eigenvalue weighted by Gasteiger charge is -2.27. The molecule has 10 heteroatoms. The van der Waals surface area contributed by atoms with Crippen molar-refractivity contribution in [3.05, 3.63) is 70.5 Å². The molecule has 4 rings (SSSR count). The van der Waals surface area contributed by atoms with Gasteiger partial charge in [0, 0.05) is 50.4 Å². The van der Waals surface area contributed by atoms with Gasteiger partial charge in [-0.25, -0.2) is 8.42 Å². The van der Waals surface area contributed by atoms with Crippen LogP contribution >= 0.6 is 0 Å². The van der Waals surface area contributed by atoms with Crippen LogP contribution in [-0.2, 0) is 36.6 Å². The second-order valence-electron chi connectivity index (χ2n) is 8.17. The quantitative estimate of drug-likeness (QED) is 0.553. The fraction of sp³-hybridized carbons (Fsp3) is 0.333. The van der Waals surface area contributed by atoms with Crippen molar-refractivity contribution in [3.63, 3.8) is 0 Å². The number of nitrogens with zero attached hydrogens (tertiary/aromatic N) is 3. The molecule has 0 saturated carbocycles. The third kappa shape index (κ3) is 4.51. The Morgan fingerprint density at radius 1 is 1.12 bits per heavy atom. The number of aryl methyl sites for hydroxylation is 2. The first-order valence-corrected chi connectivity index (χ1v) is 12.3. The summed E-state index contributed by atoms with van der Waals surface area (Å²) in [6.07, 6.45) is 0.455.